The largest absolute Gasteiger partial charge is 0.383 e. The van der Waals surface area contributed by atoms with Crippen LogP contribution in [0.25, 0.3) is 0 Å². The maximum absolute atomic E-state index is 5.13. The van der Waals surface area contributed by atoms with E-state index in [1.165, 1.54) is 17.1 Å². The second kappa shape index (κ2) is 15.3. The molecule has 1 heterocycles. The molecule has 1 aliphatic heterocycles. The van der Waals surface area contributed by atoms with Gasteiger partial charge in [-0.15, -0.1) is 35.7 Å². The molecule has 2 rings (SSSR count). The third-order valence-corrected chi connectivity index (χ3v) is 6.03. The van der Waals surface area contributed by atoms with E-state index in [0.29, 0.717) is 0 Å². The zero-order valence-electron chi connectivity index (χ0n) is 17.6. The molecule has 1 fully saturated rings. The molecule has 1 atom stereocenters. The maximum Gasteiger partial charge on any atom is 0.193 e. The van der Waals surface area contributed by atoms with Gasteiger partial charge in [-0.3, -0.25) is 4.99 Å². The van der Waals surface area contributed by atoms with E-state index in [1.807, 2.05) is 11.8 Å². The molecule has 0 spiro atoms. The minimum atomic E-state index is 0. The van der Waals surface area contributed by atoms with Crippen molar-refractivity contribution in [1.82, 2.24) is 15.1 Å². The Bertz CT molecular complexity index is 546. The van der Waals surface area contributed by atoms with E-state index in [-0.39, 0.29) is 24.0 Å². The lowest BCUT2D eigenvalue weighted by Crippen LogP contribution is -2.40. The van der Waals surface area contributed by atoms with Crippen LogP contribution in [0.1, 0.15) is 19.8 Å². The molecule has 1 aliphatic rings. The summed E-state index contributed by atoms with van der Waals surface area (Å²) in [5, 5.41) is 3.48. The number of likely N-dealkylation sites (N-methyl/N-ethyl adjacent to an activating group) is 1. The number of methoxy groups -OCH3 is 1. The normalized spacial score (nSPS) is 17.1. The lowest BCUT2D eigenvalue weighted by molar-refractivity contribution is 0.161. The summed E-state index contributed by atoms with van der Waals surface area (Å²) in [6.07, 6.45) is 2.33. The summed E-state index contributed by atoms with van der Waals surface area (Å²) in [6, 6.07) is 10.7. The van der Waals surface area contributed by atoms with Crippen molar-refractivity contribution in [2.24, 2.45) is 10.9 Å². The van der Waals surface area contributed by atoms with E-state index in [4.69, 9.17) is 9.73 Å². The second-order valence-electron chi connectivity index (χ2n) is 7.11. The van der Waals surface area contributed by atoms with Gasteiger partial charge in [0.2, 0.25) is 0 Å². The van der Waals surface area contributed by atoms with Crippen LogP contribution >= 0.6 is 35.7 Å². The van der Waals surface area contributed by atoms with Gasteiger partial charge in [0.05, 0.1) is 6.61 Å². The van der Waals surface area contributed by atoms with Crippen LogP contribution in [0, 0.1) is 5.92 Å². The standard InChI is InChI=1S/C21H36N4OS.HI/c1-4-22-21(23-12-8-13-24(2)15-16-26-3)25-14-11-19(17-25)18-27-20-9-6-5-7-10-20;/h5-7,9-10,19H,4,8,11-18H2,1-3H3,(H,22,23);1H. The predicted octanol–water partition coefficient (Wildman–Crippen LogP) is 3.65. The molecule has 28 heavy (non-hydrogen) atoms. The summed E-state index contributed by atoms with van der Waals surface area (Å²) < 4.78 is 5.13. The lowest BCUT2D eigenvalue weighted by atomic mass is 10.2. The number of halogens is 1. The van der Waals surface area contributed by atoms with Crippen LogP contribution in [0.15, 0.2) is 40.2 Å². The first-order chi connectivity index (χ1) is 13.2. The van der Waals surface area contributed by atoms with Gasteiger partial charge in [-0.05, 0) is 51.4 Å². The fourth-order valence-corrected chi connectivity index (χ4v) is 4.25. The van der Waals surface area contributed by atoms with Crippen LogP contribution in [0.2, 0.25) is 0 Å². The minimum Gasteiger partial charge on any atom is -0.383 e. The van der Waals surface area contributed by atoms with Crippen molar-refractivity contribution >= 4 is 41.7 Å². The van der Waals surface area contributed by atoms with Gasteiger partial charge in [0.15, 0.2) is 5.96 Å². The minimum absolute atomic E-state index is 0. The number of hydrogen-bond acceptors (Lipinski definition) is 4. The number of benzene rings is 1. The molecule has 160 valence electrons. The number of ether oxygens (including phenoxy) is 1. The molecule has 0 aliphatic carbocycles. The van der Waals surface area contributed by atoms with Gasteiger partial charge in [0.1, 0.15) is 0 Å². The van der Waals surface area contributed by atoms with E-state index in [9.17, 15) is 0 Å². The fourth-order valence-electron chi connectivity index (χ4n) is 3.20. The van der Waals surface area contributed by atoms with Crippen molar-refractivity contribution < 1.29 is 4.74 Å². The summed E-state index contributed by atoms with van der Waals surface area (Å²) in [5.74, 6) is 3.01. The lowest BCUT2D eigenvalue weighted by Gasteiger charge is -2.22. The highest BCUT2D eigenvalue weighted by Crippen LogP contribution is 2.25. The smallest absolute Gasteiger partial charge is 0.193 e. The molecule has 1 saturated heterocycles. The topological polar surface area (TPSA) is 40.1 Å². The first-order valence-electron chi connectivity index (χ1n) is 10.1. The van der Waals surface area contributed by atoms with Crippen LogP contribution in [-0.2, 0) is 4.74 Å². The van der Waals surface area contributed by atoms with Crippen molar-refractivity contribution in [3.8, 4) is 0 Å². The number of guanidine groups is 1. The van der Waals surface area contributed by atoms with Gasteiger partial charge in [-0.25, -0.2) is 0 Å². The highest BCUT2D eigenvalue weighted by Gasteiger charge is 2.24. The summed E-state index contributed by atoms with van der Waals surface area (Å²) in [7, 11) is 3.89. The number of likely N-dealkylation sites (tertiary alicyclic amines) is 1. The Morgan fingerprint density at radius 1 is 1.32 bits per heavy atom. The molecule has 0 saturated carbocycles. The Morgan fingerprint density at radius 3 is 2.82 bits per heavy atom. The van der Waals surface area contributed by atoms with Crippen molar-refractivity contribution in [1.29, 1.82) is 0 Å². The molecular weight excluding hydrogens is 483 g/mol. The summed E-state index contributed by atoms with van der Waals surface area (Å²) in [4.78, 5) is 11.0. The second-order valence-corrected chi connectivity index (χ2v) is 8.20. The Balaban J connectivity index is 0.00000392. The molecule has 0 amide bonds. The molecule has 1 unspecified atom stereocenters. The molecule has 1 N–H and O–H groups in total. The van der Waals surface area contributed by atoms with Crippen LogP contribution in [0.4, 0.5) is 0 Å². The molecule has 1 aromatic carbocycles. The number of aliphatic imine (C=N–C) groups is 1. The number of hydrogen-bond donors (Lipinski definition) is 1. The SMILES string of the molecule is CCNC(=NCCCN(C)CCOC)N1CCC(CSc2ccccc2)C1.I. The summed E-state index contributed by atoms with van der Waals surface area (Å²) in [5.41, 5.74) is 0. The fraction of sp³-hybridized carbons (Fsp3) is 0.667. The van der Waals surface area contributed by atoms with Crippen molar-refractivity contribution in [3.63, 3.8) is 0 Å². The third kappa shape index (κ3) is 9.80. The van der Waals surface area contributed by atoms with Gasteiger partial charge in [-0.1, -0.05) is 18.2 Å². The van der Waals surface area contributed by atoms with E-state index in [1.54, 1.807) is 7.11 Å². The zero-order chi connectivity index (χ0) is 19.3. The Kier molecular flexibility index (Phi) is 14.0. The van der Waals surface area contributed by atoms with Crippen molar-refractivity contribution in [2.75, 3.05) is 65.8 Å². The zero-order valence-corrected chi connectivity index (χ0v) is 20.7. The van der Waals surface area contributed by atoms with Gasteiger partial charge in [0.25, 0.3) is 0 Å². The van der Waals surface area contributed by atoms with Crippen LogP contribution in [-0.4, -0.2) is 81.5 Å². The first-order valence-corrected chi connectivity index (χ1v) is 11.1. The van der Waals surface area contributed by atoms with Crippen LogP contribution in [0.3, 0.4) is 0 Å². The number of nitrogens with one attached hydrogen (secondary N) is 1. The molecule has 0 radical (unpaired) electrons. The molecule has 5 nitrogen and oxygen atoms in total. The van der Waals surface area contributed by atoms with E-state index >= 15 is 0 Å². The Morgan fingerprint density at radius 2 is 2.11 bits per heavy atom. The highest BCUT2D eigenvalue weighted by molar-refractivity contribution is 14.0. The van der Waals surface area contributed by atoms with Gasteiger partial charge in [-0.2, -0.15) is 0 Å². The molecule has 0 bridgehead atoms. The maximum atomic E-state index is 5.13. The first kappa shape index (κ1) is 25.5. The number of rotatable bonds is 11. The average Bonchev–Trinajstić information content (AvgIpc) is 3.17. The summed E-state index contributed by atoms with van der Waals surface area (Å²) >= 11 is 1.97. The van der Waals surface area contributed by atoms with Crippen LogP contribution in [0.5, 0.6) is 0 Å². The highest BCUT2D eigenvalue weighted by atomic mass is 127. The quantitative estimate of drug-likeness (QED) is 0.159. The summed E-state index contributed by atoms with van der Waals surface area (Å²) in [6.45, 7) is 8.99. The monoisotopic (exact) mass is 520 g/mol. The van der Waals surface area contributed by atoms with Gasteiger partial charge in [0, 0.05) is 50.5 Å². The molecule has 7 heteroatoms. The van der Waals surface area contributed by atoms with Gasteiger partial charge < -0.3 is 19.9 Å². The third-order valence-electron chi connectivity index (χ3n) is 4.79. The van der Waals surface area contributed by atoms with Crippen molar-refractivity contribution in [2.45, 2.75) is 24.7 Å². The molecule has 0 aromatic heterocycles. The van der Waals surface area contributed by atoms with Gasteiger partial charge >= 0.3 is 0 Å². The van der Waals surface area contributed by atoms with E-state index in [0.717, 1.165) is 64.2 Å². The molecular formula is C21H37IN4OS. The van der Waals surface area contributed by atoms with Crippen molar-refractivity contribution in [3.05, 3.63) is 30.3 Å². The number of thioether (sulfide) groups is 1. The average molecular weight is 521 g/mol. The number of nitrogens with zero attached hydrogens (tertiary/aromatic N) is 3. The van der Waals surface area contributed by atoms with Crippen LogP contribution < -0.4 is 5.32 Å². The van der Waals surface area contributed by atoms with E-state index < -0.39 is 0 Å². The molecule has 1 aromatic rings. The Hall–Kier alpha value is -0.510. The Labute approximate surface area is 192 Å². The van der Waals surface area contributed by atoms with E-state index in [2.05, 4.69) is 59.4 Å². The predicted molar refractivity (Wildman–Crippen MR) is 132 cm³/mol.